The van der Waals surface area contributed by atoms with Gasteiger partial charge in [0.1, 0.15) is 5.75 Å². The molecule has 2 aliphatic rings. The fraction of sp³-hybridized carbons (Fsp3) is 0.200. The summed E-state index contributed by atoms with van der Waals surface area (Å²) in [6, 6.07) is 8.96. The molecule has 0 saturated heterocycles. The Labute approximate surface area is 120 Å². The van der Waals surface area contributed by atoms with Crippen LogP contribution >= 0.6 is 0 Å². The highest BCUT2D eigenvalue weighted by Gasteiger charge is 2.17. The number of phenols is 1. The molecule has 0 aromatic heterocycles. The summed E-state index contributed by atoms with van der Waals surface area (Å²) in [5, 5.41) is 13.2. The first-order chi connectivity index (χ1) is 10.3. The van der Waals surface area contributed by atoms with Gasteiger partial charge in [-0.15, -0.1) is 0 Å². The Morgan fingerprint density at radius 2 is 1.52 bits per heavy atom. The first-order valence-corrected chi connectivity index (χ1v) is 6.54. The molecule has 2 heterocycles. The van der Waals surface area contributed by atoms with Crippen molar-refractivity contribution in [2.45, 2.75) is 6.54 Å². The lowest BCUT2D eigenvalue weighted by molar-refractivity contribution is 0.173. The third-order valence-corrected chi connectivity index (χ3v) is 3.43. The average Bonchev–Trinajstić information content (AvgIpc) is 3.12. The lowest BCUT2D eigenvalue weighted by Gasteiger charge is -2.09. The lowest BCUT2D eigenvalue weighted by atomic mass is 10.1. The molecule has 2 N–H and O–H groups in total. The molecule has 0 amide bonds. The summed E-state index contributed by atoms with van der Waals surface area (Å²) in [6.45, 7) is 0.900. The van der Waals surface area contributed by atoms with E-state index in [1.807, 2.05) is 18.2 Å². The van der Waals surface area contributed by atoms with Gasteiger partial charge in [-0.2, -0.15) is 0 Å². The van der Waals surface area contributed by atoms with Gasteiger partial charge in [0.15, 0.2) is 23.0 Å². The van der Waals surface area contributed by atoms with E-state index in [1.54, 1.807) is 12.1 Å². The molecule has 0 aliphatic carbocycles. The van der Waals surface area contributed by atoms with Gasteiger partial charge in [0.2, 0.25) is 13.6 Å². The highest BCUT2D eigenvalue weighted by molar-refractivity contribution is 5.57. The van der Waals surface area contributed by atoms with Crippen LogP contribution in [0.3, 0.4) is 0 Å². The largest absolute Gasteiger partial charge is 0.507 e. The summed E-state index contributed by atoms with van der Waals surface area (Å²) in [7, 11) is 0. The summed E-state index contributed by atoms with van der Waals surface area (Å²) >= 11 is 0. The van der Waals surface area contributed by atoms with Crippen molar-refractivity contribution < 1.29 is 24.1 Å². The van der Waals surface area contributed by atoms with Crippen molar-refractivity contribution in [3.63, 3.8) is 0 Å². The van der Waals surface area contributed by atoms with Gasteiger partial charge < -0.3 is 29.4 Å². The van der Waals surface area contributed by atoms with Crippen LogP contribution in [0.4, 0.5) is 5.69 Å². The number of hydrogen-bond donors (Lipinski definition) is 2. The minimum absolute atomic E-state index is 0.174. The maximum Gasteiger partial charge on any atom is 0.231 e. The average molecular weight is 287 g/mol. The standard InChI is InChI=1S/C15H13NO5/c17-11-5-15-13(19-8-21-15)3-9(11)6-16-10-1-2-12-14(4-10)20-7-18-12/h1-5,16-17H,6-8H2. The van der Waals surface area contributed by atoms with E-state index >= 15 is 0 Å². The van der Waals surface area contributed by atoms with Gasteiger partial charge in [0.05, 0.1) is 0 Å². The minimum atomic E-state index is 0.174. The molecule has 0 atom stereocenters. The zero-order valence-electron chi connectivity index (χ0n) is 11.1. The molecule has 21 heavy (non-hydrogen) atoms. The van der Waals surface area contributed by atoms with Gasteiger partial charge in [0.25, 0.3) is 0 Å². The maximum absolute atomic E-state index is 9.99. The van der Waals surface area contributed by atoms with Gasteiger partial charge in [-0.25, -0.2) is 0 Å². The van der Waals surface area contributed by atoms with E-state index in [0.717, 1.165) is 22.7 Å². The highest BCUT2D eigenvalue weighted by atomic mass is 16.7. The first-order valence-electron chi connectivity index (χ1n) is 6.54. The van der Waals surface area contributed by atoms with E-state index in [-0.39, 0.29) is 19.3 Å². The van der Waals surface area contributed by atoms with E-state index in [9.17, 15) is 5.11 Å². The smallest absolute Gasteiger partial charge is 0.231 e. The number of rotatable bonds is 3. The van der Waals surface area contributed by atoms with Crippen LogP contribution in [0, 0.1) is 0 Å². The number of aromatic hydroxyl groups is 1. The van der Waals surface area contributed by atoms with Crippen LogP contribution in [-0.4, -0.2) is 18.7 Å². The van der Waals surface area contributed by atoms with E-state index in [0.29, 0.717) is 18.0 Å². The molecule has 0 radical (unpaired) electrons. The Bertz CT molecular complexity index is 701. The van der Waals surface area contributed by atoms with Crippen molar-refractivity contribution in [3.05, 3.63) is 35.9 Å². The Balaban J connectivity index is 1.52. The summed E-state index contributed by atoms with van der Waals surface area (Å²) in [5.41, 5.74) is 1.62. The molecule has 0 spiro atoms. The number of ether oxygens (including phenoxy) is 4. The van der Waals surface area contributed by atoms with Crippen molar-refractivity contribution in [2.75, 3.05) is 18.9 Å². The van der Waals surface area contributed by atoms with Crippen LogP contribution in [0.2, 0.25) is 0 Å². The Kier molecular flexibility index (Phi) is 2.67. The monoisotopic (exact) mass is 287 g/mol. The molecule has 108 valence electrons. The molecule has 0 bridgehead atoms. The van der Waals surface area contributed by atoms with Gasteiger partial charge >= 0.3 is 0 Å². The molecule has 4 rings (SSSR count). The minimum Gasteiger partial charge on any atom is -0.507 e. The molecule has 0 saturated carbocycles. The molecule has 0 fully saturated rings. The molecular formula is C15H13NO5. The van der Waals surface area contributed by atoms with E-state index < -0.39 is 0 Å². The second-order valence-electron chi connectivity index (χ2n) is 4.76. The topological polar surface area (TPSA) is 69.2 Å². The second kappa shape index (κ2) is 4.66. The van der Waals surface area contributed by atoms with Crippen molar-refractivity contribution in [2.24, 2.45) is 0 Å². The normalized spacial score (nSPS) is 14.3. The zero-order chi connectivity index (χ0) is 14.2. The van der Waals surface area contributed by atoms with E-state index in [4.69, 9.17) is 18.9 Å². The predicted octanol–water partition coefficient (Wildman–Crippen LogP) is 2.46. The van der Waals surface area contributed by atoms with Crippen molar-refractivity contribution in [3.8, 4) is 28.7 Å². The number of phenolic OH excluding ortho intramolecular Hbond substituents is 1. The van der Waals surface area contributed by atoms with Gasteiger partial charge in [-0.3, -0.25) is 0 Å². The van der Waals surface area contributed by atoms with Gasteiger partial charge in [-0.05, 0) is 18.2 Å². The lowest BCUT2D eigenvalue weighted by Crippen LogP contribution is -1.99. The second-order valence-corrected chi connectivity index (χ2v) is 4.76. The van der Waals surface area contributed by atoms with Crippen LogP contribution in [0.15, 0.2) is 30.3 Å². The molecule has 2 aromatic carbocycles. The van der Waals surface area contributed by atoms with E-state index in [1.165, 1.54) is 0 Å². The summed E-state index contributed by atoms with van der Waals surface area (Å²) in [5.74, 6) is 2.85. The molecular weight excluding hydrogens is 274 g/mol. The molecule has 6 nitrogen and oxygen atoms in total. The molecule has 2 aromatic rings. The SMILES string of the molecule is Oc1cc2c(cc1CNc1ccc3c(c1)OCO3)OCO2. The van der Waals surface area contributed by atoms with Gasteiger partial charge in [-0.1, -0.05) is 0 Å². The highest BCUT2D eigenvalue weighted by Crippen LogP contribution is 2.38. The first kappa shape index (κ1) is 12.0. The zero-order valence-corrected chi connectivity index (χ0v) is 11.1. The fourth-order valence-electron chi connectivity index (χ4n) is 2.32. The van der Waals surface area contributed by atoms with Gasteiger partial charge in [0, 0.05) is 29.9 Å². The number of anilines is 1. The van der Waals surface area contributed by atoms with Crippen LogP contribution in [-0.2, 0) is 6.54 Å². The molecule has 6 heteroatoms. The molecule has 2 aliphatic heterocycles. The number of nitrogens with one attached hydrogen (secondary N) is 1. The van der Waals surface area contributed by atoms with Crippen molar-refractivity contribution in [1.29, 1.82) is 0 Å². The van der Waals surface area contributed by atoms with Crippen LogP contribution in [0.5, 0.6) is 28.7 Å². The number of benzene rings is 2. The third-order valence-electron chi connectivity index (χ3n) is 3.43. The molecule has 0 unspecified atom stereocenters. The number of fused-ring (bicyclic) bond motifs is 2. The predicted molar refractivity (Wildman–Crippen MR) is 74.1 cm³/mol. The summed E-state index contributed by atoms with van der Waals surface area (Å²) in [6.07, 6.45) is 0. The van der Waals surface area contributed by atoms with E-state index in [2.05, 4.69) is 5.32 Å². The number of hydrogen-bond acceptors (Lipinski definition) is 6. The Morgan fingerprint density at radius 3 is 2.33 bits per heavy atom. The van der Waals surface area contributed by atoms with Crippen LogP contribution < -0.4 is 24.3 Å². The quantitative estimate of drug-likeness (QED) is 0.903. The van der Waals surface area contributed by atoms with Crippen LogP contribution in [0.1, 0.15) is 5.56 Å². The summed E-state index contributed by atoms with van der Waals surface area (Å²) < 4.78 is 21.1. The van der Waals surface area contributed by atoms with Crippen molar-refractivity contribution >= 4 is 5.69 Å². The third kappa shape index (κ3) is 2.14. The Hall–Kier alpha value is -2.76. The summed E-state index contributed by atoms with van der Waals surface area (Å²) in [4.78, 5) is 0. The fourth-order valence-corrected chi connectivity index (χ4v) is 2.32. The van der Waals surface area contributed by atoms with Crippen molar-refractivity contribution in [1.82, 2.24) is 0 Å². The Morgan fingerprint density at radius 1 is 0.857 bits per heavy atom. The maximum atomic E-state index is 9.99. The van der Waals surface area contributed by atoms with Crippen LogP contribution in [0.25, 0.3) is 0 Å².